The van der Waals surface area contributed by atoms with Crippen LogP contribution in [0.2, 0.25) is 10.0 Å². The van der Waals surface area contributed by atoms with Gasteiger partial charge in [0.2, 0.25) is 0 Å². The second kappa shape index (κ2) is 13.1. The Kier molecular flexibility index (Phi) is 9.35. The lowest BCUT2D eigenvalue weighted by Crippen LogP contribution is -2.40. The third kappa shape index (κ3) is 6.65. The molecule has 9 heteroatoms. The Balaban J connectivity index is 1.41. The molecule has 0 aromatic heterocycles. The fourth-order valence-electron chi connectivity index (χ4n) is 4.82. The number of aliphatic imine (C=N–C) groups is 1. The third-order valence-corrected chi connectivity index (χ3v) is 8.51. The van der Waals surface area contributed by atoms with Gasteiger partial charge in [-0.1, -0.05) is 66.7 Å². The van der Waals surface area contributed by atoms with E-state index < -0.39 is 5.82 Å². The van der Waals surface area contributed by atoms with Crippen LogP contribution in [0.1, 0.15) is 50.2 Å². The minimum Gasteiger partial charge on any atom is -0.490 e. The second-order valence-corrected chi connectivity index (χ2v) is 11.4. The summed E-state index contributed by atoms with van der Waals surface area (Å²) < 4.78 is 26.3. The van der Waals surface area contributed by atoms with Crippen molar-refractivity contribution in [3.63, 3.8) is 0 Å². The van der Waals surface area contributed by atoms with Gasteiger partial charge in [0.25, 0.3) is 5.91 Å². The summed E-state index contributed by atoms with van der Waals surface area (Å²) in [6, 6.07) is 17.3. The molecule has 1 aliphatic carbocycles. The molecule has 3 aromatic rings. The van der Waals surface area contributed by atoms with Gasteiger partial charge in [-0.3, -0.25) is 9.69 Å². The number of hydrogen-bond acceptors (Lipinski definition) is 5. The fourth-order valence-corrected chi connectivity index (χ4v) is 6.19. The van der Waals surface area contributed by atoms with Crippen molar-refractivity contribution in [1.29, 1.82) is 0 Å². The van der Waals surface area contributed by atoms with E-state index in [9.17, 15) is 9.18 Å². The van der Waals surface area contributed by atoms with Crippen molar-refractivity contribution in [1.82, 2.24) is 4.90 Å². The molecule has 0 N–H and O–H groups in total. The van der Waals surface area contributed by atoms with Gasteiger partial charge in [-0.25, -0.2) is 9.38 Å². The molecule has 1 amide bonds. The fraction of sp³-hybridized carbons (Fsp3) is 0.290. The molecular weight excluding hydrogens is 570 g/mol. The SMILES string of the molecule is CCOc1cc(/C=C2\SC(=Nc3ccccc3F)N(C3CCCCC3)C2=O)ccc1OCc1ccc(Cl)c(Cl)c1. The number of amidine groups is 1. The van der Waals surface area contributed by atoms with Gasteiger partial charge >= 0.3 is 0 Å². The summed E-state index contributed by atoms with van der Waals surface area (Å²) in [5.41, 5.74) is 1.89. The molecule has 1 saturated carbocycles. The predicted molar refractivity (Wildman–Crippen MR) is 161 cm³/mol. The minimum absolute atomic E-state index is 0.0568. The highest BCUT2D eigenvalue weighted by Crippen LogP contribution is 2.40. The first-order chi connectivity index (χ1) is 19.4. The minimum atomic E-state index is -0.415. The molecule has 0 atom stereocenters. The van der Waals surface area contributed by atoms with E-state index in [4.69, 9.17) is 32.7 Å². The topological polar surface area (TPSA) is 51.1 Å². The normalized spacial score (nSPS) is 18.1. The lowest BCUT2D eigenvalue weighted by molar-refractivity contribution is -0.124. The van der Waals surface area contributed by atoms with Crippen LogP contribution in [0.5, 0.6) is 11.5 Å². The van der Waals surface area contributed by atoms with Crippen molar-refractivity contribution in [3.8, 4) is 11.5 Å². The summed E-state index contributed by atoms with van der Waals surface area (Å²) in [6.07, 6.45) is 6.94. The zero-order valence-corrected chi connectivity index (χ0v) is 24.4. The van der Waals surface area contributed by atoms with Crippen LogP contribution in [0.4, 0.5) is 10.1 Å². The Morgan fingerprint density at radius 2 is 1.80 bits per heavy atom. The lowest BCUT2D eigenvalue weighted by atomic mass is 9.94. The van der Waals surface area contributed by atoms with Crippen LogP contribution < -0.4 is 9.47 Å². The average Bonchev–Trinajstić information content (AvgIpc) is 3.26. The van der Waals surface area contributed by atoms with E-state index in [1.807, 2.05) is 37.3 Å². The number of amides is 1. The van der Waals surface area contributed by atoms with E-state index in [2.05, 4.69) is 4.99 Å². The quantitative estimate of drug-likeness (QED) is 0.243. The number of carbonyl (C=O) groups is 1. The summed E-state index contributed by atoms with van der Waals surface area (Å²) in [7, 11) is 0. The predicted octanol–water partition coefficient (Wildman–Crippen LogP) is 9.05. The highest BCUT2D eigenvalue weighted by atomic mass is 35.5. The van der Waals surface area contributed by atoms with Crippen molar-refractivity contribution < 1.29 is 18.7 Å². The van der Waals surface area contributed by atoms with Crippen LogP contribution in [0, 0.1) is 5.82 Å². The highest BCUT2D eigenvalue weighted by molar-refractivity contribution is 8.18. The standard InChI is InChI=1S/C31H29Cl2FN2O3S/c1-2-38-28-17-20(13-15-27(28)39-19-21-12-14-23(32)24(33)16-21)18-29-30(37)36(22-8-4-3-5-9-22)31(40-29)35-26-11-7-6-10-25(26)34/h6-7,10-18,22H,2-5,8-9,19H2,1H3/b29-18-,35-31?. The van der Waals surface area contributed by atoms with Crippen LogP contribution in [-0.4, -0.2) is 28.6 Å². The number of nitrogens with zero attached hydrogens (tertiary/aromatic N) is 2. The zero-order chi connectivity index (χ0) is 28.1. The first kappa shape index (κ1) is 28.5. The van der Waals surface area contributed by atoms with Crippen LogP contribution in [0.15, 0.2) is 70.6 Å². The summed E-state index contributed by atoms with van der Waals surface area (Å²) in [6.45, 7) is 2.64. The van der Waals surface area contributed by atoms with E-state index in [0.29, 0.717) is 38.2 Å². The Labute approximate surface area is 248 Å². The monoisotopic (exact) mass is 598 g/mol. The van der Waals surface area contributed by atoms with Gasteiger partial charge < -0.3 is 9.47 Å². The molecular formula is C31H29Cl2FN2O3S. The maximum Gasteiger partial charge on any atom is 0.267 e. The van der Waals surface area contributed by atoms with Gasteiger partial charge in [-0.05, 0) is 85.1 Å². The Hall–Kier alpha value is -3.00. The number of carbonyl (C=O) groups excluding carboxylic acids is 1. The maximum atomic E-state index is 14.4. The van der Waals surface area contributed by atoms with E-state index in [1.165, 1.54) is 17.8 Å². The number of rotatable bonds is 8. The number of hydrogen-bond donors (Lipinski definition) is 0. The molecule has 0 radical (unpaired) electrons. The van der Waals surface area contributed by atoms with Gasteiger partial charge in [0.1, 0.15) is 18.1 Å². The van der Waals surface area contributed by atoms with Crippen molar-refractivity contribution in [2.45, 2.75) is 51.7 Å². The van der Waals surface area contributed by atoms with Crippen molar-refractivity contribution in [2.24, 2.45) is 4.99 Å². The molecule has 1 heterocycles. The summed E-state index contributed by atoms with van der Waals surface area (Å²) in [5, 5.41) is 1.47. The largest absolute Gasteiger partial charge is 0.490 e. The van der Waals surface area contributed by atoms with Crippen LogP contribution in [-0.2, 0) is 11.4 Å². The second-order valence-electron chi connectivity index (χ2n) is 9.60. The molecule has 2 fully saturated rings. The van der Waals surface area contributed by atoms with E-state index in [0.717, 1.165) is 43.2 Å². The lowest BCUT2D eigenvalue weighted by Gasteiger charge is -2.30. The van der Waals surface area contributed by atoms with Crippen molar-refractivity contribution >= 4 is 57.8 Å². The van der Waals surface area contributed by atoms with Crippen LogP contribution in [0.3, 0.4) is 0 Å². The van der Waals surface area contributed by atoms with Gasteiger partial charge in [0.15, 0.2) is 16.7 Å². The maximum absolute atomic E-state index is 14.4. The van der Waals surface area contributed by atoms with Gasteiger partial charge in [-0.2, -0.15) is 0 Å². The molecule has 3 aromatic carbocycles. The number of thioether (sulfide) groups is 1. The molecule has 0 bridgehead atoms. The summed E-state index contributed by atoms with van der Waals surface area (Å²) in [4.78, 5) is 20.6. The smallest absolute Gasteiger partial charge is 0.267 e. The Morgan fingerprint density at radius 3 is 2.55 bits per heavy atom. The van der Waals surface area contributed by atoms with Crippen molar-refractivity contribution in [3.05, 3.63) is 92.6 Å². The van der Waals surface area contributed by atoms with Gasteiger partial charge in [-0.15, -0.1) is 0 Å². The molecule has 1 aliphatic heterocycles. The van der Waals surface area contributed by atoms with Crippen molar-refractivity contribution in [2.75, 3.05) is 6.61 Å². The third-order valence-electron chi connectivity index (χ3n) is 6.79. The molecule has 40 heavy (non-hydrogen) atoms. The summed E-state index contributed by atoms with van der Waals surface area (Å²) >= 11 is 13.4. The van der Waals surface area contributed by atoms with Crippen LogP contribution >= 0.6 is 35.0 Å². The first-order valence-electron chi connectivity index (χ1n) is 13.3. The highest BCUT2D eigenvalue weighted by Gasteiger charge is 2.38. The first-order valence-corrected chi connectivity index (χ1v) is 14.9. The molecule has 5 nitrogen and oxygen atoms in total. The molecule has 208 valence electrons. The average molecular weight is 600 g/mol. The zero-order valence-electron chi connectivity index (χ0n) is 22.0. The Morgan fingerprint density at radius 1 is 1.00 bits per heavy atom. The summed E-state index contributed by atoms with van der Waals surface area (Å²) in [5.74, 6) is 0.620. The van der Waals surface area contributed by atoms with E-state index >= 15 is 0 Å². The molecule has 2 aliphatic rings. The van der Waals surface area contributed by atoms with E-state index in [-0.39, 0.29) is 24.2 Å². The Bertz CT molecular complexity index is 1460. The van der Waals surface area contributed by atoms with Gasteiger partial charge in [0, 0.05) is 6.04 Å². The van der Waals surface area contributed by atoms with Gasteiger partial charge in [0.05, 0.1) is 21.6 Å². The number of benzene rings is 3. The van der Waals surface area contributed by atoms with E-state index in [1.54, 1.807) is 35.2 Å². The molecule has 5 rings (SSSR count). The number of halogens is 3. The molecule has 1 saturated heterocycles. The molecule has 0 spiro atoms. The van der Waals surface area contributed by atoms with Crippen LogP contribution in [0.25, 0.3) is 6.08 Å². The number of ether oxygens (including phenoxy) is 2. The number of para-hydroxylation sites is 1. The molecule has 0 unspecified atom stereocenters.